The molecule has 0 aliphatic carbocycles. The summed E-state index contributed by atoms with van der Waals surface area (Å²) in [5, 5.41) is 5.65. The number of thiazole rings is 1. The molecule has 0 saturated heterocycles. The number of halogens is 1. The molecule has 2 aromatic carbocycles. The summed E-state index contributed by atoms with van der Waals surface area (Å²) in [6.45, 7) is 0. The van der Waals surface area contributed by atoms with E-state index in [0.29, 0.717) is 22.8 Å². The standard InChI is InChI=1S/C22H17BrN4O3S2/c1-30-17-5-3-2-4-15(17)21(29)25-14-7-8-16-18(10-14)32-22(26-16)31-12-20(28)27-19-9-6-13(23)11-24-19/h2-11H,12H2,1H3,(H,25,29)(H,24,27,28). The third-order valence-electron chi connectivity index (χ3n) is 4.30. The third kappa shape index (κ3) is 5.45. The van der Waals surface area contributed by atoms with Gasteiger partial charge in [-0.1, -0.05) is 23.9 Å². The zero-order chi connectivity index (χ0) is 22.5. The van der Waals surface area contributed by atoms with Crippen molar-refractivity contribution in [3.05, 3.63) is 70.8 Å². The minimum Gasteiger partial charge on any atom is -0.496 e. The minimum absolute atomic E-state index is 0.158. The highest BCUT2D eigenvalue weighted by Gasteiger charge is 2.13. The predicted octanol–water partition coefficient (Wildman–Crippen LogP) is 5.45. The Bertz CT molecular complexity index is 1280. The third-order valence-corrected chi connectivity index (χ3v) is 6.93. The number of thioether (sulfide) groups is 1. The van der Waals surface area contributed by atoms with Crippen LogP contribution in [0.4, 0.5) is 11.5 Å². The number of carbonyl (C=O) groups excluding carboxylic acids is 2. The van der Waals surface area contributed by atoms with Gasteiger partial charge in [0.15, 0.2) is 4.34 Å². The van der Waals surface area contributed by atoms with Gasteiger partial charge >= 0.3 is 0 Å². The van der Waals surface area contributed by atoms with E-state index in [1.54, 1.807) is 36.5 Å². The molecule has 2 aromatic heterocycles. The van der Waals surface area contributed by atoms with E-state index in [2.05, 4.69) is 36.5 Å². The number of methoxy groups -OCH3 is 1. The molecule has 0 radical (unpaired) electrons. The number of hydrogen-bond acceptors (Lipinski definition) is 7. The molecule has 2 N–H and O–H groups in total. The molecular weight excluding hydrogens is 512 g/mol. The molecule has 0 saturated carbocycles. The molecule has 0 bridgehead atoms. The Kier molecular flexibility index (Phi) is 7.03. The lowest BCUT2D eigenvalue weighted by Gasteiger charge is -2.09. The molecule has 32 heavy (non-hydrogen) atoms. The number of pyridine rings is 1. The number of ether oxygens (including phenoxy) is 1. The molecule has 0 unspecified atom stereocenters. The summed E-state index contributed by atoms with van der Waals surface area (Å²) < 4.78 is 7.79. The molecule has 4 rings (SSSR count). The number of aromatic nitrogens is 2. The smallest absolute Gasteiger partial charge is 0.259 e. The molecule has 10 heteroatoms. The van der Waals surface area contributed by atoms with Gasteiger partial charge in [0, 0.05) is 16.4 Å². The number of rotatable bonds is 7. The Morgan fingerprint density at radius 2 is 1.97 bits per heavy atom. The quantitative estimate of drug-likeness (QED) is 0.310. The van der Waals surface area contributed by atoms with Crippen molar-refractivity contribution in [1.82, 2.24) is 9.97 Å². The summed E-state index contributed by atoms with van der Waals surface area (Å²) in [7, 11) is 1.53. The topological polar surface area (TPSA) is 93.2 Å². The molecule has 0 spiro atoms. The highest BCUT2D eigenvalue weighted by Crippen LogP contribution is 2.31. The second-order valence-corrected chi connectivity index (χ2v) is 9.68. The van der Waals surface area contributed by atoms with Gasteiger partial charge in [-0.3, -0.25) is 9.59 Å². The number of amides is 2. The van der Waals surface area contributed by atoms with Crippen LogP contribution in [0.15, 0.2) is 69.6 Å². The number of fused-ring (bicyclic) bond motifs is 1. The number of carbonyl (C=O) groups is 2. The maximum absolute atomic E-state index is 12.6. The average Bonchev–Trinajstić information content (AvgIpc) is 3.21. The molecule has 4 aromatic rings. The fourth-order valence-electron chi connectivity index (χ4n) is 2.83. The van der Waals surface area contributed by atoms with Gasteiger partial charge in [0.05, 0.1) is 28.6 Å². The zero-order valence-corrected chi connectivity index (χ0v) is 20.0. The summed E-state index contributed by atoms with van der Waals surface area (Å²) in [5.74, 6) is 0.820. The molecule has 0 aliphatic heterocycles. The number of benzene rings is 2. The summed E-state index contributed by atoms with van der Waals surface area (Å²) in [6, 6.07) is 16.1. The average molecular weight is 529 g/mol. The maximum atomic E-state index is 12.6. The van der Waals surface area contributed by atoms with Crippen LogP contribution in [0.25, 0.3) is 10.2 Å². The summed E-state index contributed by atoms with van der Waals surface area (Å²) >= 11 is 6.13. The van der Waals surface area contributed by atoms with Crippen LogP contribution >= 0.6 is 39.0 Å². The van der Waals surface area contributed by atoms with Gasteiger partial charge in [-0.25, -0.2) is 9.97 Å². The van der Waals surface area contributed by atoms with Crippen molar-refractivity contribution in [3.8, 4) is 5.75 Å². The SMILES string of the molecule is COc1ccccc1C(=O)Nc1ccc2nc(SCC(=O)Nc3ccc(Br)cn3)sc2c1. The number of nitrogens with one attached hydrogen (secondary N) is 2. The lowest BCUT2D eigenvalue weighted by Crippen LogP contribution is -2.14. The number of hydrogen-bond donors (Lipinski definition) is 2. The van der Waals surface area contributed by atoms with E-state index in [1.807, 2.05) is 24.3 Å². The maximum Gasteiger partial charge on any atom is 0.259 e. The number of para-hydroxylation sites is 1. The Hall–Kier alpha value is -2.95. The second kappa shape index (κ2) is 10.1. The fourth-order valence-corrected chi connectivity index (χ4v) is 4.97. The van der Waals surface area contributed by atoms with Crippen molar-refractivity contribution in [1.29, 1.82) is 0 Å². The van der Waals surface area contributed by atoms with Gasteiger partial charge in [0.1, 0.15) is 11.6 Å². The van der Waals surface area contributed by atoms with Gasteiger partial charge in [-0.15, -0.1) is 11.3 Å². The van der Waals surface area contributed by atoms with Crippen LogP contribution in [0.3, 0.4) is 0 Å². The lowest BCUT2D eigenvalue weighted by atomic mass is 10.2. The fraction of sp³-hybridized carbons (Fsp3) is 0.0909. The highest BCUT2D eigenvalue weighted by atomic mass is 79.9. The van der Waals surface area contributed by atoms with E-state index in [1.165, 1.54) is 30.2 Å². The molecule has 0 aliphatic rings. The van der Waals surface area contributed by atoms with E-state index in [4.69, 9.17) is 4.74 Å². The zero-order valence-electron chi connectivity index (χ0n) is 16.8. The summed E-state index contributed by atoms with van der Waals surface area (Å²) in [6.07, 6.45) is 1.63. The van der Waals surface area contributed by atoms with Gasteiger partial charge in [0.25, 0.3) is 5.91 Å². The summed E-state index contributed by atoms with van der Waals surface area (Å²) in [5.41, 5.74) is 1.93. The predicted molar refractivity (Wildman–Crippen MR) is 132 cm³/mol. The van der Waals surface area contributed by atoms with Crippen LogP contribution < -0.4 is 15.4 Å². The second-order valence-electron chi connectivity index (χ2n) is 6.52. The van der Waals surface area contributed by atoms with Crippen molar-refractivity contribution in [2.75, 3.05) is 23.5 Å². The van der Waals surface area contributed by atoms with E-state index < -0.39 is 0 Å². The Morgan fingerprint density at radius 1 is 1.12 bits per heavy atom. The molecule has 162 valence electrons. The first-order chi connectivity index (χ1) is 15.5. The van der Waals surface area contributed by atoms with Crippen LogP contribution in [0.2, 0.25) is 0 Å². The monoisotopic (exact) mass is 528 g/mol. The van der Waals surface area contributed by atoms with Crippen LogP contribution in [-0.2, 0) is 4.79 Å². The van der Waals surface area contributed by atoms with Crippen molar-refractivity contribution in [3.63, 3.8) is 0 Å². The van der Waals surface area contributed by atoms with Crippen molar-refractivity contribution in [2.45, 2.75) is 4.34 Å². The molecule has 0 atom stereocenters. The van der Waals surface area contributed by atoms with Crippen LogP contribution in [0.1, 0.15) is 10.4 Å². The van der Waals surface area contributed by atoms with Gasteiger partial charge in [-0.2, -0.15) is 0 Å². The van der Waals surface area contributed by atoms with Crippen molar-refractivity contribution in [2.24, 2.45) is 0 Å². The van der Waals surface area contributed by atoms with Crippen molar-refractivity contribution < 1.29 is 14.3 Å². The Labute approximate surface area is 200 Å². The first-order valence-electron chi connectivity index (χ1n) is 9.41. The summed E-state index contributed by atoms with van der Waals surface area (Å²) in [4.78, 5) is 33.5. The number of anilines is 2. The van der Waals surface area contributed by atoms with Crippen LogP contribution in [0, 0.1) is 0 Å². The van der Waals surface area contributed by atoms with Gasteiger partial charge in [-0.05, 0) is 58.4 Å². The van der Waals surface area contributed by atoms with E-state index >= 15 is 0 Å². The van der Waals surface area contributed by atoms with E-state index in [9.17, 15) is 9.59 Å². The van der Waals surface area contributed by atoms with E-state index in [-0.39, 0.29) is 17.6 Å². The minimum atomic E-state index is -0.251. The molecule has 7 nitrogen and oxygen atoms in total. The first-order valence-corrected chi connectivity index (χ1v) is 12.0. The van der Waals surface area contributed by atoms with Crippen molar-refractivity contribution >= 4 is 72.6 Å². The molecule has 2 amide bonds. The normalized spacial score (nSPS) is 10.7. The first kappa shape index (κ1) is 22.3. The number of nitrogens with zero attached hydrogens (tertiary/aromatic N) is 2. The Morgan fingerprint density at radius 3 is 2.75 bits per heavy atom. The largest absolute Gasteiger partial charge is 0.496 e. The lowest BCUT2D eigenvalue weighted by molar-refractivity contribution is -0.113. The molecular formula is C22H17BrN4O3S2. The van der Waals surface area contributed by atoms with Crippen LogP contribution in [0.5, 0.6) is 5.75 Å². The molecule has 2 heterocycles. The van der Waals surface area contributed by atoms with Gasteiger partial charge < -0.3 is 15.4 Å². The van der Waals surface area contributed by atoms with Gasteiger partial charge in [0.2, 0.25) is 5.91 Å². The van der Waals surface area contributed by atoms with E-state index in [0.717, 1.165) is 19.0 Å². The Balaban J connectivity index is 1.39. The van der Waals surface area contributed by atoms with Crippen LogP contribution in [-0.4, -0.2) is 34.6 Å². The highest BCUT2D eigenvalue weighted by molar-refractivity contribution is 9.10. The molecule has 0 fully saturated rings.